The van der Waals surface area contributed by atoms with Gasteiger partial charge in [-0.2, -0.15) is 10.1 Å². The van der Waals surface area contributed by atoms with Gasteiger partial charge in [0.05, 0.1) is 13.3 Å². The van der Waals surface area contributed by atoms with Gasteiger partial charge in [-0.15, -0.1) is 0 Å². The Morgan fingerprint density at radius 1 is 1.18 bits per heavy atom. The van der Waals surface area contributed by atoms with Crippen molar-refractivity contribution in [2.45, 2.75) is 20.4 Å². The zero-order chi connectivity index (χ0) is 20.4. The molecule has 0 amide bonds. The summed E-state index contributed by atoms with van der Waals surface area (Å²) in [5.74, 6) is 1.44. The van der Waals surface area contributed by atoms with Crippen LogP contribution in [0.25, 0.3) is 11.2 Å². The van der Waals surface area contributed by atoms with Crippen LogP contribution in [0.3, 0.4) is 0 Å². The first-order chi connectivity index (χ1) is 13.3. The van der Waals surface area contributed by atoms with Gasteiger partial charge in [0.15, 0.2) is 11.2 Å². The minimum Gasteiger partial charge on any atom is -0.497 e. The molecular formula is C19H24N6O3. The topological polar surface area (TPSA) is 95.4 Å². The van der Waals surface area contributed by atoms with Crippen molar-refractivity contribution in [3.05, 3.63) is 50.7 Å². The number of hydrogen-bond acceptors (Lipinski definition) is 6. The number of hydrazone groups is 1. The first-order valence-corrected chi connectivity index (χ1v) is 8.92. The molecule has 0 radical (unpaired) electrons. The summed E-state index contributed by atoms with van der Waals surface area (Å²) in [4.78, 5) is 29.4. The van der Waals surface area contributed by atoms with Crippen molar-refractivity contribution in [1.82, 2.24) is 18.7 Å². The average Bonchev–Trinajstić information content (AvgIpc) is 3.03. The van der Waals surface area contributed by atoms with Gasteiger partial charge >= 0.3 is 5.69 Å². The summed E-state index contributed by atoms with van der Waals surface area (Å²) in [6, 6.07) is 7.44. The molecule has 0 fully saturated rings. The van der Waals surface area contributed by atoms with Crippen molar-refractivity contribution in [1.29, 1.82) is 0 Å². The van der Waals surface area contributed by atoms with Gasteiger partial charge in [0.25, 0.3) is 5.56 Å². The van der Waals surface area contributed by atoms with Crippen LogP contribution in [0.5, 0.6) is 5.75 Å². The van der Waals surface area contributed by atoms with Crippen LogP contribution in [0.2, 0.25) is 0 Å². The number of methoxy groups -OCH3 is 1. The average molecular weight is 384 g/mol. The summed E-state index contributed by atoms with van der Waals surface area (Å²) in [6.45, 7) is 4.65. The van der Waals surface area contributed by atoms with Gasteiger partial charge in [-0.3, -0.25) is 13.9 Å². The molecule has 0 spiro atoms. The second-order valence-corrected chi connectivity index (χ2v) is 6.96. The van der Waals surface area contributed by atoms with E-state index in [0.717, 1.165) is 15.9 Å². The van der Waals surface area contributed by atoms with Crippen LogP contribution < -0.4 is 21.4 Å². The number of benzene rings is 1. The first kappa shape index (κ1) is 19.4. The van der Waals surface area contributed by atoms with E-state index in [1.165, 1.54) is 11.6 Å². The van der Waals surface area contributed by atoms with E-state index in [1.807, 2.05) is 38.1 Å². The van der Waals surface area contributed by atoms with E-state index in [-0.39, 0.29) is 11.5 Å². The Kier molecular flexibility index (Phi) is 5.34. The number of rotatable bonds is 6. The summed E-state index contributed by atoms with van der Waals surface area (Å²) in [5.41, 5.74) is 3.69. The monoisotopic (exact) mass is 384 g/mol. The van der Waals surface area contributed by atoms with Gasteiger partial charge in [-0.25, -0.2) is 10.2 Å². The second kappa shape index (κ2) is 7.71. The lowest BCUT2D eigenvalue weighted by Gasteiger charge is -2.11. The lowest BCUT2D eigenvalue weighted by atomic mass is 10.2. The van der Waals surface area contributed by atoms with Crippen LogP contribution in [-0.4, -0.2) is 32.0 Å². The standard InChI is InChI=1S/C19H24N6O3/c1-12(2)11-25-15-16(23(3)19(27)24(4)17(15)26)21-18(25)22-20-10-13-6-8-14(28-5)9-7-13/h6-10,12H,11H2,1-5H3,(H,21,22)/b20-10-. The van der Waals surface area contributed by atoms with Crippen LogP contribution >= 0.6 is 0 Å². The summed E-state index contributed by atoms with van der Waals surface area (Å²) in [5, 5.41) is 4.24. The molecular weight excluding hydrogens is 360 g/mol. The van der Waals surface area contributed by atoms with E-state index < -0.39 is 5.69 Å². The fourth-order valence-electron chi connectivity index (χ4n) is 2.93. The number of hydrogen-bond donors (Lipinski definition) is 1. The van der Waals surface area contributed by atoms with Gasteiger partial charge in [-0.05, 0) is 35.7 Å². The molecule has 0 aliphatic heterocycles. The Hall–Kier alpha value is -3.36. The predicted octanol–water partition coefficient (Wildman–Crippen LogP) is 1.54. The molecule has 1 N–H and O–H groups in total. The Bertz CT molecular complexity index is 1140. The molecule has 9 heteroatoms. The Morgan fingerprint density at radius 2 is 1.86 bits per heavy atom. The lowest BCUT2D eigenvalue weighted by molar-refractivity contribution is 0.415. The fourth-order valence-corrected chi connectivity index (χ4v) is 2.93. The minimum atomic E-state index is -0.417. The second-order valence-electron chi connectivity index (χ2n) is 6.96. The van der Waals surface area contributed by atoms with Crippen molar-refractivity contribution in [2.24, 2.45) is 25.1 Å². The van der Waals surface area contributed by atoms with Crippen molar-refractivity contribution in [3.63, 3.8) is 0 Å². The van der Waals surface area contributed by atoms with E-state index in [2.05, 4.69) is 15.5 Å². The fraction of sp³-hybridized carbons (Fsp3) is 0.368. The maximum Gasteiger partial charge on any atom is 0.332 e. The smallest absolute Gasteiger partial charge is 0.332 e. The molecule has 2 heterocycles. The summed E-state index contributed by atoms with van der Waals surface area (Å²) in [6.07, 6.45) is 1.65. The number of anilines is 1. The number of imidazole rings is 1. The molecule has 0 bridgehead atoms. The molecule has 148 valence electrons. The van der Waals surface area contributed by atoms with Gasteiger partial charge in [0.1, 0.15) is 5.75 Å². The van der Waals surface area contributed by atoms with E-state index in [1.54, 1.807) is 24.9 Å². The molecule has 9 nitrogen and oxygen atoms in total. The SMILES string of the molecule is COc1ccc(/C=N\Nc2nc3c(c(=O)n(C)c(=O)n3C)n2CC(C)C)cc1. The number of nitrogens with zero attached hydrogens (tertiary/aromatic N) is 5. The molecule has 3 rings (SSSR count). The maximum atomic E-state index is 12.7. The Labute approximate surface area is 161 Å². The molecule has 0 saturated carbocycles. The molecule has 0 saturated heterocycles. The van der Waals surface area contributed by atoms with Crippen LogP contribution in [0.15, 0.2) is 39.0 Å². The van der Waals surface area contributed by atoms with Crippen molar-refractivity contribution in [3.8, 4) is 5.75 Å². The predicted molar refractivity (Wildman–Crippen MR) is 109 cm³/mol. The molecule has 3 aromatic rings. The van der Waals surface area contributed by atoms with Gasteiger partial charge in [-0.1, -0.05) is 13.8 Å². The van der Waals surface area contributed by atoms with E-state index in [4.69, 9.17) is 4.74 Å². The third-order valence-corrected chi connectivity index (χ3v) is 4.39. The molecule has 2 aromatic heterocycles. The zero-order valence-electron chi connectivity index (χ0n) is 16.6. The van der Waals surface area contributed by atoms with E-state index >= 15 is 0 Å². The van der Waals surface area contributed by atoms with E-state index in [0.29, 0.717) is 23.7 Å². The Balaban J connectivity index is 2.03. The number of ether oxygens (including phenoxy) is 1. The maximum absolute atomic E-state index is 12.7. The normalized spacial score (nSPS) is 11.6. The molecule has 0 unspecified atom stereocenters. The van der Waals surface area contributed by atoms with Crippen LogP contribution in [0, 0.1) is 5.92 Å². The molecule has 28 heavy (non-hydrogen) atoms. The van der Waals surface area contributed by atoms with Crippen LogP contribution in [0.1, 0.15) is 19.4 Å². The minimum absolute atomic E-state index is 0.269. The molecule has 0 aliphatic carbocycles. The highest BCUT2D eigenvalue weighted by Gasteiger charge is 2.19. The first-order valence-electron chi connectivity index (χ1n) is 8.92. The zero-order valence-corrected chi connectivity index (χ0v) is 16.6. The number of fused-ring (bicyclic) bond motifs is 1. The lowest BCUT2D eigenvalue weighted by Crippen LogP contribution is -2.37. The summed E-state index contributed by atoms with van der Waals surface area (Å²) < 4.78 is 9.36. The Morgan fingerprint density at radius 3 is 2.46 bits per heavy atom. The highest BCUT2D eigenvalue weighted by Crippen LogP contribution is 2.18. The largest absolute Gasteiger partial charge is 0.497 e. The third kappa shape index (κ3) is 3.55. The number of aryl methyl sites for hydroxylation is 1. The van der Waals surface area contributed by atoms with Crippen LogP contribution in [-0.2, 0) is 20.6 Å². The van der Waals surface area contributed by atoms with E-state index in [9.17, 15) is 9.59 Å². The molecule has 0 aliphatic rings. The highest BCUT2D eigenvalue weighted by molar-refractivity contribution is 5.80. The third-order valence-electron chi connectivity index (χ3n) is 4.39. The van der Waals surface area contributed by atoms with Crippen LogP contribution in [0.4, 0.5) is 5.95 Å². The van der Waals surface area contributed by atoms with Crippen molar-refractivity contribution >= 4 is 23.3 Å². The van der Waals surface area contributed by atoms with Crippen molar-refractivity contribution < 1.29 is 4.74 Å². The summed E-state index contributed by atoms with van der Waals surface area (Å²) >= 11 is 0. The van der Waals surface area contributed by atoms with Gasteiger partial charge < -0.3 is 9.30 Å². The van der Waals surface area contributed by atoms with Crippen molar-refractivity contribution in [2.75, 3.05) is 12.5 Å². The van der Waals surface area contributed by atoms with Gasteiger partial charge in [0.2, 0.25) is 5.95 Å². The molecule has 0 atom stereocenters. The summed E-state index contributed by atoms with van der Waals surface area (Å²) in [7, 11) is 4.68. The molecule has 1 aromatic carbocycles. The quantitative estimate of drug-likeness (QED) is 0.514. The number of aromatic nitrogens is 4. The highest BCUT2D eigenvalue weighted by atomic mass is 16.5. The van der Waals surface area contributed by atoms with Gasteiger partial charge in [0, 0.05) is 20.6 Å². The number of nitrogens with one attached hydrogen (secondary N) is 1.